The molecule has 1 aliphatic rings. The highest BCUT2D eigenvalue weighted by atomic mass is 32.2. The number of hydrogen-bond acceptors (Lipinski definition) is 4. The van der Waals surface area contributed by atoms with Crippen LogP contribution in [0.25, 0.3) is 0 Å². The molecule has 3 nitrogen and oxygen atoms in total. The normalized spacial score (nSPS) is 19.7. The molecule has 1 aromatic rings. The quantitative estimate of drug-likeness (QED) is 0.899. The van der Waals surface area contributed by atoms with Gasteiger partial charge in [-0.2, -0.15) is 11.8 Å². The van der Waals surface area contributed by atoms with Gasteiger partial charge in [0.05, 0.1) is 0 Å². The Morgan fingerprint density at radius 2 is 2.37 bits per heavy atom. The van der Waals surface area contributed by atoms with Gasteiger partial charge in [0, 0.05) is 42.4 Å². The van der Waals surface area contributed by atoms with Crippen molar-refractivity contribution in [2.75, 3.05) is 30.3 Å². The molecule has 1 fully saturated rings. The second-order valence-electron chi connectivity index (χ2n) is 4.74. The fourth-order valence-electron chi connectivity index (χ4n) is 2.25. The van der Waals surface area contributed by atoms with Gasteiger partial charge >= 0.3 is 0 Å². The molecule has 5 heteroatoms. The average Bonchev–Trinajstić information content (AvgIpc) is 2.46. The summed E-state index contributed by atoms with van der Waals surface area (Å²) < 4.78 is 14.5. The molecule has 0 aliphatic carbocycles. The Labute approximate surface area is 119 Å². The third kappa shape index (κ3) is 3.60. The summed E-state index contributed by atoms with van der Waals surface area (Å²) in [6.45, 7) is 7.40. The summed E-state index contributed by atoms with van der Waals surface area (Å²) in [5, 5.41) is 3.76. The lowest BCUT2D eigenvalue weighted by molar-refractivity contribution is 0.576. The summed E-state index contributed by atoms with van der Waals surface area (Å²) in [6.07, 6.45) is 2.84. The third-order valence-corrected chi connectivity index (χ3v) is 4.78. The van der Waals surface area contributed by atoms with Crippen molar-refractivity contribution in [3.8, 4) is 0 Å². The van der Waals surface area contributed by atoms with Crippen LogP contribution in [0.5, 0.6) is 0 Å². The molecule has 1 aromatic heterocycles. The molecule has 0 spiro atoms. The molecule has 0 aromatic carbocycles. The summed E-state index contributed by atoms with van der Waals surface area (Å²) in [4.78, 5) is 6.35. The molecule has 0 saturated carbocycles. The smallest absolute Gasteiger partial charge is 0.170 e. The molecular weight excluding hydrogens is 261 g/mol. The number of nitrogens with zero attached hydrogens (tertiary/aromatic N) is 2. The second kappa shape index (κ2) is 7.10. The third-order valence-electron chi connectivity index (χ3n) is 3.41. The van der Waals surface area contributed by atoms with E-state index in [0.29, 0.717) is 23.2 Å². The van der Waals surface area contributed by atoms with Gasteiger partial charge in [-0.25, -0.2) is 9.37 Å². The van der Waals surface area contributed by atoms with Crippen LogP contribution in [0, 0.1) is 5.82 Å². The van der Waals surface area contributed by atoms with E-state index in [4.69, 9.17) is 0 Å². The summed E-state index contributed by atoms with van der Waals surface area (Å²) >= 11 is 1.98. The van der Waals surface area contributed by atoms with Gasteiger partial charge in [-0.3, -0.25) is 0 Å². The van der Waals surface area contributed by atoms with Crippen molar-refractivity contribution in [1.29, 1.82) is 0 Å². The Hall–Kier alpha value is -0.810. The van der Waals surface area contributed by atoms with Gasteiger partial charge in [-0.15, -0.1) is 0 Å². The Bertz CT molecular complexity index is 414. The van der Waals surface area contributed by atoms with Crippen LogP contribution in [0.4, 0.5) is 10.2 Å². The molecule has 0 bridgehead atoms. The van der Waals surface area contributed by atoms with Gasteiger partial charge in [0.1, 0.15) is 0 Å². The van der Waals surface area contributed by atoms with Crippen molar-refractivity contribution in [1.82, 2.24) is 10.3 Å². The maximum atomic E-state index is 14.5. The van der Waals surface area contributed by atoms with Crippen LogP contribution in [0.2, 0.25) is 0 Å². The standard InChI is InChI=1S/C14H22FN3S/c1-3-12-10-18(7-8-19-12)14-13(15)11(5-6-17-14)9-16-4-2/h5-6,12,16H,3-4,7-10H2,1-2H3. The van der Waals surface area contributed by atoms with E-state index < -0.39 is 0 Å². The summed E-state index contributed by atoms with van der Waals surface area (Å²) in [5.41, 5.74) is 0.707. The SMILES string of the molecule is CCNCc1ccnc(N2CCSC(CC)C2)c1F. The van der Waals surface area contributed by atoms with Crippen LogP contribution in [0.3, 0.4) is 0 Å². The predicted molar refractivity (Wildman–Crippen MR) is 80.3 cm³/mol. The van der Waals surface area contributed by atoms with Gasteiger partial charge in [0.2, 0.25) is 0 Å². The zero-order valence-corrected chi connectivity index (χ0v) is 12.5. The zero-order valence-electron chi connectivity index (χ0n) is 11.7. The number of nitrogens with one attached hydrogen (secondary N) is 1. The highest BCUT2D eigenvalue weighted by molar-refractivity contribution is 8.00. The second-order valence-corrected chi connectivity index (χ2v) is 6.14. The van der Waals surface area contributed by atoms with Crippen molar-refractivity contribution in [2.24, 2.45) is 0 Å². The van der Waals surface area contributed by atoms with E-state index in [0.717, 1.165) is 31.8 Å². The van der Waals surface area contributed by atoms with Crippen molar-refractivity contribution in [2.45, 2.75) is 32.1 Å². The van der Waals surface area contributed by atoms with E-state index in [1.165, 1.54) is 0 Å². The van der Waals surface area contributed by atoms with E-state index in [-0.39, 0.29) is 5.82 Å². The van der Waals surface area contributed by atoms with E-state index in [1.807, 2.05) is 18.7 Å². The van der Waals surface area contributed by atoms with Crippen molar-refractivity contribution in [3.63, 3.8) is 0 Å². The zero-order chi connectivity index (χ0) is 13.7. The molecule has 1 saturated heterocycles. The number of aromatic nitrogens is 1. The molecule has 1 aliphatic heterocycles. The minimum atomic E-state index is -0.162. The predicted octanol–water partition coefficient (Wildman–Crippen LogP) is 2.66. The maximum Gasteiger partial charge on any atom is 0.170 e. The van der Waals surface area contributed by atoms with Gasteiger partial charge in [0.25, 0.3) is 0 Å². The first-order valence-electron chi connectivity index (χ1n) is 6.96. The Kier molecular flexibility index (Phi) is 5.45. The lowest BCUT2D eigenvalue weighted by atomic mass is 10.2. The molecule has 1 N–H and O–H groups in total. The minimum absolute atomic E-state index is 0.162. The van der Waals surface area contributed by atoms with E-state index in [1.54, 1.807) is 12.3 Å². The number of pyridine rings is 1. The molecule has 106 valence electrons. The first kappa shape index (κ1) is 14.6. The number of anilines is 1. The lowest BCUT2D eigenvalue weighted by Crippen LogP contribution is -2.38. The summed E-state index contributed by atoms with van der Waals surface area (Å²) in [6, 6.07) is 1.76. The molecular formula is C14H22FN3S. The first-order chi connectivity index (χ1) is 9.26. The number of rotatable bonds is 5. The topological polar surface area (TPSA) is 28.2 Å². The van der Waals surface area contributed by atoms with Crippen molar-refractivity contribution >= 4 is 17.6 Å². The van der Waals surface area contributed by atoms with Crippen molar-refractivity contribution < 1.29 is 4.39 Å². The Morgan fingerprint density at radius 1 is 1.53 bits per heavy atom. The highest BCUT2D eigenvalue weighted by Gasteiger charge is 2.23. The van der Waals surface area contributed by atoms with Crippen LogP contribution in [-0.4, -0.2) is 35.6 Å². The van der Waals surface area contributed by atoms with Crippen LogP contribution < -0.4 is 10.2 Å². The monoisotopic (exact) mass is 283 g/mol. The molecule has 2 rings (SSSR count). The summed E-state index contributed by atoms with van der Waals surface area (Å²) in [7, 11) is 0. The Balaban J connectivity index is 2.14. The molecule has 0 radical (unpaired) electrons. The van der Waals surface area contributed by atoms with Crippen molar-refractivity contribution in [3.05, 3.63) is 23.6 Å². The number of thioether (sulfide) groups is 1. The highest BCUT2D eigenvalue weighted by Crippen LogP contribution is 2.27. The fraction of sp³-hybridized carbons (Fsp3) is 0.643. The maximum absolute atomic E-state index is 14.5. The van der Waals surface area contributed by atoms with E-state index in [2.05, 4.69) is 22.1 Å². The molecule has 1 unspecified atom stereocenters. The van der Waals surface area contributed by atoms with Crippen LogP contribution in [-0.2, 0) is 6.54 Å². The van der Waals surface area contributed by atoms with Gasteiger partial charge < -0.3 is 10.2 Å². The molecule has 1 atom stereocenters. The van der Waals surface area contributed by atoms with Crippen LogP contribution >= 0.6 is 11.8 Å². The van der Waals surface area contributed by atoms with Gasteiger partial charge in [0.15, 0.2) is 11.6 Å². The lowest BCUT2D eigenvalue weighted by Gasteiger charge is -2.33. The van der Waals surface area contributed by atoms with Crippen LogP contribution in [0.15, 0.2) is 12.3 Å². The Morgan fingerprint density at radius 3 is 3.11 bits per heavy atom. The van der Waals surface area contributed by atoms with Gasteiger partial charge in [-0.05, 0) is 19.0 Å². The van der Waals surface area contributed by atoms with Gasteiger partial charge in [-0.1, -0.05) is 13.8 Å². The van der Waals surface area contributed by atoms with E-state index in [9.17, 15) is 4.39 Å². The molecule has 2 heterocycles. The van der Waals surface area contributed by atoms with E-state index >= 15 is 0 Å². The van der Waals surface area contributed by atoms with Crippen LogP contribution in [0.1, 0.15) is 25.8 Å². The first-order valence-corrected chi connectivity index (χ1v) is 8.01. The fourth-order valence-corrected chi connectivity index (χ4v) is 3.43. The average molecular weight is 283 g/mol. The summed E-state index contributed by atoms with van der Waals surface area (Å²) in [5.74, 6) is 1.41. The number of halogens is 1. The largest absolute Gasteiger partial charge is 0.352 e. The number of hydrogen-bond donors (Lipinski definition) is 1. The molecule has 19 heavy (non-hydrogen) atoms. The molecule has 0 amide bonds. The minimum Gasteiger partial charge on any atom is -0.352 e.